The smallest absolute Gasteiger partial charge is 0.151 e. The minimum absolute atomic E-state index is 0.183. The zero-order valence-electron chi connectivity index (χ0n) is 11.8. The molecule has 0 fully saturated rings. The summed E-state index contributed by atoms with van der Waals surface area (Å²) in [5.41, 5.74) is 1.56. The highest BCUT2D eigenvalue weighted by atomic mass is 32.2. The largest absolute Gasteiger partial charge is 0.327 e. The van der Waals surface area contributed by atoms with E-state index in [9.17, 15) is 4.39 Å². The zero-order valence-corrected chi connectivity index (χ0v) is 12.6. The van der Waals surface area contributed by atoms with Crippen molar-refractivity contribution in [1.29, 1.82) is 0 Å². The molecule has 1 N–H and O–H groups in total. The van der Waals surface area contributed by atoms with Gasteiger partial charge in [-0.2, -0.15) is 0 Å². The lowest BCUT2D eigenvalue weighted by atomic mass is 9.92. The summed E-state index contributed by atoms with van der Waals surface area (Å²) < 4.78 is 19.2. The van der Waals surface area contributed by atoms with Gasteiger partial charge in [-0.05, 0) is 11.5 Å². The predicted octanol–water partition coefficient (Wildman–Crippen LogP) is 3.36. The molecule has 0 atom stereocenters. The first-order valence-electron chi connectivity index (χ1n) is 6.49. The Labute approximate surface area is 122 Å². The van der Waals surface area contributed by atoms with Crippen LogP contribution in [0.5, 0.6) is 0 Å². The molecule has 1 aliphatic rings. The van der Waals surface area contributed by atoms with E-state index in [0.29, 0.717) is 11.4 Å². The number of hydrogen-bond acceptors (Lipinski definition) is 4. The van der Waals surface area contributed by atoms with Crippen LogP contribution in [-0.2, 0) is 13.0 Å². The van der Waals surface area contributed by atoms with E-state index in [1.807, 2.05) is 6.26 Å². The van der Waals surface area contributed by atoms with Crippen LogP contribution in [0, 0.1) is 11.2 Å². The predicted molar refractivity (Wildman–Crippen MR) is 80.0 cm³/mol. The first kappa shape index (κ1) is 13.4. The summed E-state index contributed by atoms with van der Waals surface area (Å²) in [6.45, 7) is 5.27. The standard InChI is InChI=1S/C14H17FN4S/c1-14(2)5-13-17-7-11(19(13)8-14)9-4-12(18-20-3)16-6-10(9)15/h4,6-7H,5,8H2,1-3H3,(H,16,18). The fraction of sp³-hybridized carbons (Fsp3) is 0.429. The molecular weight excluding hydrogens is 275 g/mol. The molecule has 0 saturated carbocycles. The first-order valence-corrected chi connectivity index (χ1v) is 7.72. The fourth-order valence-electron chi connectivity index (χ4n) is 2.65. The maximum absolute atomic E-state index is 14.1. The van der Waals surface area contributed by atoms with Crippen molar-refractivity contribution in [2.45, 2.75) is 26.8 Å². The number of aromatic nitrogens is 3. The van der Waals surface area contributed by atoms with Crippen LogP contribution in [-0.4, -0.2) is 20.8 Å². The molecule has 3 heterocycles. The van der Waals surface area contributed by atoms with Gasteiger partial charge in [-0.25, -0.2) is 14.4 Å². The van der Waals surface area contributed by atoms with Crippen LogP contribution in [0.25, 0.3) is 11.3 Å². The van der Waals surface area contributed by atoms with E-state index in [-0.39, 0.29) is 11.2 Å². The number of imidazole rings is 1. The van der Waals surface area contributed by atoms with E-state index in [0.717, 1.165) is 24.5 Å². The van der Waals surface area contributed by atoms with Crippen LogP contribution < -0.4 is 4.72 Å². The monoisotopic (exact) mass is 292 g/mol. The molecule has 0 bridgehead atoms. The van der Waals surface area contributed by atoms with Crippen molar-refractivity contribution in [2.24, 2.45) is 5.41 Å². The normalized spacial score (nSPS) is 16.2. The minimum atomic E-state index is -0.316. The molecular formula is C14H17FN4S. The fourth-order valence-corrected chi connectivity index (χ4v) is 2.97. The van der Waals surface area contributed by atoms with Crippen molar-refractivity contribution >= 4 is 17.8 Å². The highest BCUT2D eigenvalue weighted by molar-refractivity contribution is 7.99. The Hall–Kier alpha value is -1.56. The van der Waals surface area contributed by atoms with E-state index in [4.69, 9.17) is 0 Å². The number of anilines is 1. The molecule has 2 aromatic heterocycles. The van der Waals surface area contributed by atoms with Crippen LogP contribution in [0.3, 0.4) is 0 Å². The van der Waals surface area contributed by atoms with Gasteiger partial charge in [0.15, 0.2) is 5.82 Å². The number of fused-ring (bicyclic) bond motifs is 1. The van der Waals surface area contributed by atoms with Crippen molar-refractivity contribution in [1.82, 2.24) is 14.5 Å². The molecule has 20 heavy (non-hydrogen) atoms. The van der Waals surface area contributed by atoms with Gasteiger partial charge in [0.1, 0.15) is 11.6 Å². The molecule has 2 aromatic rings. The van der Waals surface area contributed by atoms with Crippen molar-refractivity contribution in [3.8, 4) is 11.3 Å². The number of pyridine rings is 1. The highest BCUT2D eigenvalue weighted by Gasteiger charge is 2.31. The summed E-state index contributed by atoms with van der Waals surface area (Å²) in [5, 5.41) is 0. The second-order valence-electron chi connectivity index (χ2n) is 5.84. The number of rotatable bonds is 3. The SMILES string of the molecule is CSNc1cc(-c2cnc3n2CC(C)(C)C3)c(F)cn1. The summed E-state index contributed by atoms with van der Waals surface area (Å²) in [5.74, 6) is 1.37. The third kappa shape index (κ3) is 2.28. The number of nitrogens with one attached hydrogen (secondary N) is 1. The molecule has 4 nitrogen and oxygen atoms in total. The summed E-state index contributed by atoms with van der Waals surface area (Å²) >= 11 is 1.43. The topological polar surface area (TPSA) is 42.7 Å². The molecule has 106 valence electrons. The highest BCUT2D eigenvalue weighted by Crippen LogP contribution is 2.36. The lowest BCUT2D eigenvalue weighted by Crippen LogP contribution is -2.13. The molecule has 0 radical (unpaired) electrons. The molecule has 0 spiro atoms. The minimum Gasteiger partial charge on any atom is -0.327 e. The maximum Gasteiger partial charge on any atom is 0.151 e. The average Bonchev–Trinajstić information content (AvgIpc) is 2.87. The molecule has 0 aliphatic carbocycles. The van der Waals surface area contributed by atoms with Crippen LogP contribution in [0.15, 0.2) is 18.5 Å². The number of hydrogen-bond donors (Lipinski definition) is 1. The van der Waals surface area contributed by atoms with Gasteiger partial charge in [0, 0.05) is 24.8 Å². The molecule has 0 aromatic carbocycles. The Kier molecular flexibility index (Phi) is 3.20. The molecule has 6 heteroatoms. The van der Waals surface area contributed by atoms with Gasteiger partial charge in [-0.3, -0.25) is 0 Å². The number of halogens is 1. The third-order valence-corrected chi connectivity index (χ3v) is 3.91. The molecule has 3 rings (SSSR count). The average molecular weight is 292 g/mol. The van der Waals surface area contributed by atoms with Crippen molar-refractivity contribution in [3.63, 3.8) is 0 Å². The Bertz CT molecular complexity index is 651. The Morgan fingerprint density at radius 2 is 2.15 bits per heavy atom. The lowest BCUT2D eigenvalue weighted by molar-refractivity contribution is 0.359. The van der Waals surface area contributed by atoms with Crippen LogP contribution in [0.2, 0.25) is 0 Å². The first-order chi connectivity index (χ1) is 9.50. The van der Waals surface area contributed by atoms with Gasteiger partial charge in [0.25, 0.3) is 0 Å². The van der Waals surface area contributed by atoms with Gasteiger partial charge < -0.3 is 9.29 Å². The maximum atomic E-state index is 14.1. The van der Waals surface area contributed by atoms with Crippen molar-refractivity contribution in [3.05, 3.63) is 30.1 Å². The third-order valence-electron chi connectivity index (χ3n) is 3.50. The van der Waals surface area contributed by atoms with Crippen LogP contribution in [0.4, 0.5) is 10.2 Å². The van der Waals surface area contributed by atoms with Gasteiger partial charge in [-0.15, -0.1) is 0 Å². The Balaban J connectivity index is 2.05. The van der Waals surface area contributed by atoms with Crippen LogP contribution >= 0.6 is 11.9 Å². The van der Waals surface area contributed by atoms with E-state index in [1.165, 1.54) is 18.1 Å². The Morgan fingerprint density at radius 1 is 1.35 bits per heavy atom. The van der Waals surface area contributed by atoms with Crippen LogP contribution in [0.1, 0.15) is 19.7 Å². The quantitative estimate of drug-likeness (QED) is 0.881. The van der Waals surface area contributed by atoms with Crippen molar-refractivity contribution in [2.75, 3.05) is 11.0 Å². The van der Waals surface area contributed by atoms with Gasteiger partial charge in [0.2, 0.25) is 0 Å². The van der Waals surface area contributed by atoms with E-state index < -0.39 is 0 Å². The molecule has 0 saturated heterocycles. The molecule has 0 amide bonds. The van der Waals surface area contributed by atoms with Gasteiger partial charge in [-0.1, -0.05) is 25.8 Å². The summed E-state index contributed by atoms with van der Waals surface area (Å²) in [6.07, 6.45) is 5.85. The van der Waals surface area contributed by atoms with Gasteiger partial charge >= 0.3 is 0 Å². The van der Waals surface area contributed by atoms with E-state index in [1.54, 1.807) is 12.3 Å². The van der Waals surface area contributed by atoms with Gasteiger partial charge in [0.05, 0.1) is 18.1 Å². The number of nitrogens with zero attached hydrogens (tertiary/aromatic N) is 3. The second kappa shape index (κ2) is 4.77. The summed E-state index contributed by atoms with van der Waals surface area (Å²) in [6, 6.07) is 1.74. The lowest BCUT2D eigenvalue weighted by Gasteiger charge is -2.16. The summed E-state index contributed by atoms with van der Waals surface area (Å²) in [7, 11) is 0. The van der Waals surface area contributed by atoms with Crippen molar-refractivity contribution < 1.29 is 4.39 Å². The van der Waals surface area contributed by atoms with E-state index in [2.05, 4.69) is 33.1 Å². The Morgan fingerprint density at radius 3 is 2.90 bits per heavy atom. The molecule has 1 aliphatic heterocycles. The zero-order chi connectivity index (χ0) is 14.3. The van der Waals surface area contributed by atoms with E-state index >= 15 is 0 Å². The summed E-state index contributed by atoms with van der Waals surface area (Å²) in [4.78, 5) is 8.46. The second-order valence-corrected chi connectivity index (χ2v) is 6.45. The molecule has 0 unspecified atom stereocenters.